The van der Waals surface area contributed by atoms with E-state index in [-0.39, 0.29) is 35.6 Å². The average Bonchev–Trinajstić information content (AvgIpc) is 3.26. The number of aliphatic hydroxyl groups excluding tert-OH is 1. The molecule has 1 aromatic carbocycles. The van der Waals surface area contributed by atoms with Gasteiger partial charge in [-0.3, -0.25) is 14.8 Å². The molecule has 0 spiro atoms. The molecule has 7 unspecified atom stereocenters. The van der Waals surface area contributed by atoms with E-state index >= 15 is 4.39 Å². The maximum atomic E-state index is 15.3. The van der Waals surface area contributed by atoms with Gasteiger partial charge < -0.3 is 10.4 Å². The van der Waals surface area contributed by atoms with Crippen molar-refractivity contribution >= 4 is 17.7 Å². The molecule has 0 amide bonds. The number of aryl methyl sites for hydroxylation is 1. The molecule has 3 heterocycles. The van der Waals surface area contributed by atoms with Gasteiger partial charge >= 0.3 is 0 Å². The van der Waals surface area contributed by atoms with Crippen molar-refractivity contribution < 1.29 is 14.3 Å². The third-order valence-corrected chi connectivity index (χ3v) is 8.16. The summed E-state index contributed by atoms with van der Waals surface area (Å²) in [6, 6.07) is 8.00. The maximum Gasteiger partial charge on any atom is 0.173 e. The van der Waals surface area contributed by atoms with Crippen molar-refractivity contribution in [1.29, 1.82) is 0 Å². The van der Waals surface area contributed by atoms with Gasteiger partial charge in [-0.05, 0) is 74.8 Å². The summed E-state index contributed by atoms with van der Waals surface area (Å²) in [6.07, 6.45) is 7.11. The molecule has 35 heavy (non-hydrogen) atoms. The van der Waals surface area contributed by atoms with E-state index in [1.54, 1.807) is 6.92 Å². The lowest BCUT2D eigenvalue weighted by molar-refractivity contribution is -0.121. The second-order valence-electron chi connectivity index (χ2n) is 10.5. The van der Waals surface area contributed by atoms with Crippen LogP contribution in [0.3, 0.4) is 0 Å². The van der Waals surface area contributed by atoms with Gasteiger partial charge in [-0.25, -0.2) is 4.39 Å². The van der Waals surface area contributed by atoms with Crippen molar-refractivity contribution in [2.45, 2.75) is 90.1 Å². The monoisotopic (exact) mass is 481 g/mol. The molecule has 3 aliphatic heterocycles. The standard InChI is InChI=1S/C29H40FN3O2/c1-4-25-23-13-12-22(19(3)34)29(23)33-27-14-11-18(2)26(31-16-24(27)30)10-6-8-20-7-5-9-21(15-20)28(35)17-32-25/h5,7,9-10,15-16,18,22-25,28-29,32,35H,4,6,8,11-14,17H2,1-3H3/b26-10-,31-16?,33-27?. The minimum absolute atomic E-state index is 0.0964. The van der Waals surface area contributed by atoms with Crippen molar-refractivity contribution in [3.63, 3.8) is 0 Å². The molecule has 0 saturated heterocycles. The molecule has 1 saturated carbocycles. The second-order valence-corrected chi connectivity index (χ2v) is 10.5. The lowest BCUT2D eigenvalue weighted by atomic mass is 9.87. The number of halogens is 1. The van der Waals surface area contributed by atoms with Gasteiger partial charge in [0.15, 0.2) is 6.17 Å². The van der Waals surface area contributed by atoms with E-state index in [1.165, 1.54) is 11.8 Å². The summed E-state index contributed by atoms with van der Waals surface area (Å²) in [6.45, 7) is 6.34. The number of aliphatic hydroxyl groups is 1. The number of benzene rings is 1. The highest BCUT2D eigenvalue weighted by molar-refractivity contribution is 6.02. The SMILES string of the molecule is CCC1NCC(O)c2cccc(c2)CC/C=C2\N=CC(F)C(=NC3C(C(C)=O)CCC13)CCC2C. The Hall–Kier alpha value is -2.18. The molecule has 5 rings (SSSR count). The van der Waals surface area contributed by atoms with Crippen LogP contribution in [0.5, 0.6) is 0 Å². The summed E-state index contributed by atoms with van der Waals surface area (Å²) in [4.78, 5) is 22.0. The van der Waals surface area contributed by atoms with Crippen LogP contribution >= 0.6 is 0 Å². The number of nitrogens with zero attached hydrogens (tertiary/aromatic N) is 2. The van der Waals surface area contributed by atoms with Crippen LogP contribution in [0.4, 0.5) is 4.39 Å². The lowest BCUT2D eigenvalue weighted by Crippen LogP contribution is -2.43. The molecule has 5 nitrogen and oxygen atoms in total. The van der Waals surface area contributed by atoms with Crippen molar-refractivity contribution in [3.8, 4) is 0 Å². The normalized spacial score (nSPS) is 35.7. The number of hydrogen-bond donors (Lipinski definition) is 2. The number of aliphatic imine (C=N–C) groups is 2. The minimum Gasteiger partial charge on any atom is -0.387 e. The number of alkyl halides is 1. The van der Waals surface area contributed by atoms with Crippen LogP contribution in [0.2, 0.25) is 0 Å². The first kappa shape index (κ1) is 25.9. The van der Waals surface area contributed by atoms with Gasteiger partial charge in [0.1, 0.15) is 5.78 Å². The summed E-state index contributed by atoms with van der Waals surface area (Å²) >= 11 is 0. The largest absolute Gasteiger partial charge is 0.387 e. The molecule has 4 aliphatic rings. The number of allylic oxidation sites excluding steroid dienone is 2. The van der Waals surface area contributed by atoms with Crippen molar-refractivity contribution in [3.05, 3.63) is 47.2 Å². The Morgan fingerprint density at radius 2 is 2.06 bits per heavy atom. The third-order valence-electron chi connectivity index (χ3n) is 8.16. The highest BCUT2D eigenvalue weighted by Crippen LogP contribution is 2.38. The van der Waals surface area contributed by atoms with Crippen molar-refractivity contribution in [2.24, 2.45) is 27.7 Å². The zero-order chi connectivity index (χ0) is 24.9. The van der Waals surface area contributed by atoms with E-state index in [0.29, 0.717) is 18.7 Å². The van der Waals surface area contributed by atoms with Crippen LogP contribution in [-0.2, 0) is 11.2 Å². The summed E-state index contributed by atoms with van der Waals surface area (Å²) < 4.78 is 15.3. The van der Waals surface area contributed by atoms with Gasteiger partial charge in [-0.2, -0.15) is 0 Å². The lowest BCUT2D eigenvalue weighted by Gasteiger charge is -2.30. The van der Waals surface area contributed by atoms with Gasteiger partial charge in [0.05, 0.1) is 17.9 Å². The average molecular weight is 482 g/mol. The Balaban J connectivity index is 1.73. The first-order valence-corrected chi connectivity index (χ1v) is 13.3. The van der Waals surface area contributed by atoms with Crippen LogP contribution in [0, 0.1) is 17.8 Å². The smallest absolute Gasteiger partial charge is 0.173 e. The first-order chi connectivity index (χ1) is 16.9. The minimum atomic E-state index is -1.33. The molecule has 1 fully saturated rings. The number of fused-ring (bicyclic) bond motifs is 8. The van der Waals surface area contributed by atoms with Crippen molar-refractivity contribution in [2.75, 3.05) is 6.54 Å². The van der Waals surface area contributed by atoms with Crippen LogP contribution in [0.1, 0.15) is 76.5 Å². The van der Waals surface area contributed by atoms with Crippen LogP contribution in [0.25, 0.3) is 0 Å². The summed E-state index contributed by atoms with van der Waals surface area (Å²) in [5.74, 6) is 0.285. The molecule has 1 aromatic rings. The summed E-state index contributed by atoms with van der Waals surface area (Å²) in [5.41, 5.74) is 3.54. The number of hydrogen-bond acceptors (Lipinski definition) is 5. The van der Waals surface area contributed by atoms with Gasteiger partial charge in [-0.1, -0.05) is 44.2 Å². The fourth-order valence-corrected chi connectivity index (χ4v) is 6.00. The van der Waals surface area contributed by atoms with Crippen LogP contribution in [-0.4, -0.2) is 47.6 Å². The zero-order valence-corrected chi connectivity index (χ0v) is 21.3. The molecule has 2 N–H and O–H groups in total. The number of nitrogens with one attached hydrogen (secondary N) is 1. The van der Waals surface area contributed by atoms with E-state index in [0.717, 1.165) is 49.8 Å². The first-order valence-electron chi connectivity index (χ1n) is 13.3. The number of carbonyl (C=O) groups excluding carboxylic acids is 1. The zero-order valence-electron chi connectivity index (χ0n) is 21.3. The van der Waals surface area contributed by atoms with Crippen LogP contribution in [0.15, 0.2) is 46.0 Å². The highest BCUT2D eigenvalue weighted by Gasteiger charge is 2.42. The Labute approximate surface area is 209 Å². The molecule has 7 atom stereocenters. The third kappa shape index (κ3) is 6.15. The van der Waals surface area contributed by atoms with E-state index in [9.17, 15) is 9.90 Å². The number of carbonyl (C=O) groups is 1. The number of rotatable bonds is 2. The number of ketones is 1. The Bertz CT molecular complexity index is 988. The fourth-order valence-electron chi connectivity index (χ4n) is 6.00. The van der Waals surface area contributed by atoms with Gasteiger partial charge in [-0.15, -0.1) is 0 Å². The maximum absolute atomic E-state index is 15.3. The predicted molar refractivity (Wildman–Crippen MR) is 140 cm³/mol. The fraction of sp³-hybridized carbons (Fsp3) is 0.621. The predicted octanol–water partition coefficient (Wildman–Crippen LogP) is 5.18. The van der Waals surface area contributed by atoms with Gasteiger partial charge in [0, 0.05) is 30.4 Å². The Kier molecular flexibility index (Phi) is 8.66. The van der Waals surface area contributed by atoms with Crippen molar-refractivity contribution in [1.82, 2.24) is 5.32 Å². The van der Waals surface area contributed by atoms with E-state index < -0.39 is 12.3 Å². The van der Waals surface area contributed by atoms with Crippen LogP contribution < -0.4 is 5.32 Å². The van der Waals surface area contributed by atoms with E-state index in [2.05, 4.69) is 42.4 Å². The molecule has 190 valence electrons. The van der Waals surface area contributed by atoms with Gasteiger partial charge in [0.25, 0.3) is 0 Å². The van der Waals surface area contributed by atoms with E-state index in [4.69, 9.17) is 4.99 Å². The molecule has 0 aromatic heterocycles. The summed E-state index contributed by atoms with van der Waals surface area (Å²) in [5, 5.41) is 14.5. The topological polar surface area (TPSA) is 74.0 Å². The molecule has 0 radical (unpaired) electrons. The molecule has 6 heteroatoms. The highest BCUT2D eigenvalue weighted by atomic mass is 19.1. The molecular formula is C29H40FN3O2. The molecule has 1 aliphatic carbocycles. The second kappa shape index (κ2) is 11.7. The number of Topliss-reactive ketones (excluding diaryl/α,β-unsaturated/α-hetero) is 1. The summed E-state index contributed by atoms with van der Waals surface area (Å²) in [7, 11) is 0. The Morgan fingerprint density at radius 3 is 2.83 bits per heavy atom. The Morgan fingerprint density at radius 1 is 1.23 bits per heavy atom. The quantitative estimate of drug-likeness (QED) is 0.611. The molecular weight excluding hydrogens is 441 g/mol. The van der Waals surface area contributed by atoms with Gasteiger partial charge in [0.2, 0.25) is 0 Å². The van der Waals surface area contributed by atoms with E-state index in [1.807, 2.05) is 12.1 Å². The molecule has 4 bridgehead atoms.